The molecule has 0 saturated heterocycles. The summed E-state index contributed by atoms with van der Waals surface area (Å²) in [5, 5.41) is 7.07. The first-order valence-corrected chi connectivity index (χ1v) is 6.93. The zero-order valence-corrected chi connectivity index (χ0v) is 12.5. The zero-order valence-electron chi connectivity index (χ0n) is 11.6. The van der Waals surface area contributed by atoms with Crippen molar-refractivity contribution in [3.05, 3.63) is 22.4 Å². The lowest BCUT2D eigenvalue weighted by molar-refractivity contribution is -0.122. The van der Waals surface area contributed by atoms with Gasteiger partial charge in [-0.2, -0.15) is 0 Å². The van der Waals surface area contributed by atoms with E-state index in [0.29, 0.717) is 6.42 Å². The number of likely N-dealkylation sites (N-methyl/N-ethyl adjacent to an activating group) is 1. The molecule has 1 aromatic rings. The highest BCUT2D eigenvalue weighted by molar-refractivity contribution is 7.09. The van der Waals surface area contributed by atoms with Crippen LogP contribution < -0.4 is 10.6 Å². The van der Waals surface area contributed by atoms with Gasteiger partial charge in [-0.25, -0.2) is 4.79 Å². The summed E-state index contributed by atoms with van der Waals surface area (Å²) in [6, 6.07) is 3.21. The minimum Gasteiger partial charge on any atom is -0.444 e. The van der Waals surface area contributed by atoms with E-state index in [4.69, 9.17) is 4.74 Å². The summed E-state index contributed by atoms with van der Waals surface area (Å²) in [6.07, 6.45) is -0.131. The molecule has 1 aromatic heterocycles. The van der Waals surface area contributed by atoms with Crippen molar-refractivity contribution in [3.8, 4) is 0 Å². The van der Waals surface area contributed by atoms with E-state index in [0.717, 1.165) is 4.88 Å². The van der Waals surface area contributed by atoms with E-state index >= 15 is 0 Å². The summed E-state index contributed by atoms with van der Waals surface area (Å²) < 4.78 is 5.16. The van der Waals surface area contributed by atoms with Gasteiger partial charge in [-0.1, -0.05) is 6.07 Å². The number of carbonyl (C=O) groups is 2. The van der Waals surface area contributed by atoms with Crippen LogP contribution in [0.25, 0.3) is 0 Å². The van der Waals surface area contributed by atoms with Crippen LogP contribution in [0.15, 0.2) is 17.5 Å². The van der Waals surface area contributed by atoms with Gasteiger partial charge >= 0.3 is 6.09 Å². The van der Waals surface area contributed by atoms with Crippen molar-refractivity contribution < 1.29 is 14.3 Å². The van der Waals surface area contributed by atoms with Crippen molar-refractivity contribution in [2.24, 2.45) is 0 Å². The molecule has 1 heterocycles. The number of hydrogen-bond donors (Lipinski definition) is 2. The quantitative estimate of drug-likeness (QED) is 0.887. The number of rotatable bonds is 4. The lowest BCUT2D eigenvalue weighted by Gasteiger charge is -2.22. The van der Waals surface area contributed by atoms with E-state index in [-0.39, 0.29) is 5.91 Å². The fraction of sp³-hybridized carbons (Fsp3) is 0.538. The number of ether oxygens (including phenoxy) is 1. The predicted octanol–water partition coefficient (Wildman–Crippen LogP) is 1.93. The molecule has 0 radical (unpaired) electrons. The first kappa shape index (κ1) is 15.5. The molecule has 106 valence electrons. The molecule has 0 aromatic carbocycles. The molecule has 0 bridgehead atoms. The van der Waals surface area contributed by atoms with Crippen LogP contribution in [0.3, 0.4) is 0 Å². The van der Waals surface area contributed by atoms with Crippen molar-refractivity contribution in [2.75, 3.05) is 7.05 Å². The number of thiophene rings is 1. The first-order valence-electron chi connectivity index (χ1n) is 6.05. The topological polar surface area (TPSA) is 67.4 Å². The van der Waals surface area contributed by atoms with Crippen LogP contribution in [-0.2, 0) is 16.0 Å². The maximum absolute atomic E-state index is 11.8. The Morgan fingerprint density at radius 2 is 2.11 bits per heavy atom. The Kier molecular flexibility index (Phi) is 5.35. The van der Waals surface area contributed by atoms with Gasteiger partial charge in [0.2, 0.25) is 5.91 Å². The molecule has 5 nitrogen and oxygen atoms in total. The van der Waals surface area contributed by atoms with Gasteiger partial charge in [0.1, 0.15) is 11.6 Å². The third kappa shape index (κ3) is 5.74. The average molecular weight is 284 g/mol. The van der Waals surface area contributed by atoms with E-state index in [9.17, 15) is 9.59 Å². The van der Waals surface area contributed by atoms with E-state index < -0.39 is 17.7 Å². The van der Waals surface area contributed by atoms with Crippen molar-refractivity contribution in [1.29, 1.82) is 0 Å². The molecule has 0 unspecified atom stereocenters. The predicted molar refractivity (Wildman–Crippen MR) is 75.2 cm³/mol. The minimum absolute atomic E-state index is 0.237. The van der Waals surface area contributed by atoms with Crippen molar-refractivity contribution in [1.82, 2.24) is 10.6 Å². The maximum atomic E-state index is 11.8. The second-order valence-electron chi connectivity index (χ2n) is 5.10. The van der Waals surface area contributed by atoms with E-state index in [2.05, 4.69) is 10.6 Å². The fourth-order valence-electron chi connectivity index (χ4n) is 1.46. The Labute approximate surface area is 117 Å². The number of nitrogens with one attached hydrogen (secondary N) is 2. The van der Waals surface area contributed by atoms with Crippen molar-refractivity contribution in [2.45, 2.75) is 38.8 Å². The number of alkyl carbamates (subject to hydrolysis) is 1. The molecule has 0 aliphatic rings. The lowest BCUT2D eigenvalue weighted by atomic mass is 10.1. The summed E-state index contributed by atoms with van der Waals surface area (Å²) >= 11 is 1.55. The van der Waals surface area contributed by atoms with Gasteiger partial charge in [-0.3, -0.25) is 4.79 Å². The van der Waals surface area contributed by atoms with Gasteiger partial charge in [-0.05, 0) is 32.2 Å². The molecule has 2 N–H and O–H groups in total. The van der Waals surface area contributed by atoms with Gasteiger partial charge in [0, 0.05) is 18.3 Å². The Balaban J connectivity index is 2.65. The van der Waals surface area contributed by atoms with Crippen LogP contribution in [0.5, 0.6) is 0 Å². The lowest BCUT2D eigenvalue weighted by Crippen LogP contribution is -2.48. The maximum Gasteiger partial charge on any atom is 0.408 e. The second kappa shape index (κ2) is 6.56. The third-order valence-electron chi connectivity index (χ3n) is 2.24. The summed E-state index contributed by atoms with van der Waals surface area (Å²) in [5.74, 6) is -0.237. The van der Waals surface area contributed by atoms with Gasteiger partial charge in [0.25, 0.3) is 0 Å². The summed E-state index contributed by atoms with van der Waals surface area (Å²) in [6.45, 7) is 5.34. The molecule has 0 aliphatic heterocycles. The number of carbonyl (C=O) groups excluding carboxylic acids is 2. The molecular formula is C13H20N2O3S. The molecule has 2 amide bonds. The molecular weight excluding hydrogens is 264 g/mol. The molecule has 0 spiro atoms. The van der Waals surface area contributed by atoms with Gasteiger partial charge < -0.3 is 15.4 Å². The fourth-order valence-corrected chi connectivity index (χ4v) is 2.22. The van der Waals surface area contributed by atoms with Crippen LogP contribution in [-0.4, -0.2) is 30.7 Å². The molecule has 0 aliphatic carbocycles. The van der Waals surface area contributed by atoms with Crippen molar-refractivity contribution in [3.63, 3.8) is 0 Å². The van der Waals surface area contributed by atoms with Crippen molar-refractivity contribution >= 4 is 23.3 Å². The second-order valence-corrected chi connectivity index (χ2v) is 6.13. The highest BCUT2D eigenvalue weighted by Crippen LogP contribution is 2.12. The first-order chi connectivity index (χ1) is 8.81. The van der Waals surface area contributed by atoms with Gasteiger partial charge in [-0.15, -0.1) is 11.3 Å². The normalized spacial score (nSPS) is 12.6. The summed E-state index contributed by atoms with van der Waals surface area (Å²) in [5.41, 5.74) is -0.583. The molecule has 1 atom stereocenters. The van der Waals surface area contributed by atoms with Crippen LogP contribution in [0.4, 0.5) is 4.79 Å². The molecule has 19 heavy (non-hydrogen) atoms. The van der Waals surface area contributed by atoms with Crippen LogP contribution in [0, 0.1) is 0 Å². The smallest absolute Gasteiger partial charge is 0.408 e. The van der Waals surface area contributed by atoms with Crippen LogP contribution in [0.1, 0.15) is 25.6 Å². The average Bonchev–Trinajstić information content (AvgIpc) is 2.77. The zero-order chi connectivity index (χ0) is 14.5. The summed E-state index contributed by atoms with van der Waals surface area (Å²) in [7, 11) is 1.54. The highest BCUT2D eigenvalue weighted by Gasteiger charge is 2.24. The third-order valence-corrected chi connectivity index (χ3v) is 3.14. The Bertz CT molecular complexity index is 424. The Morgan fingerprint density at radius 1 is 1.42 bits per heavy atom. The molecule has 0 saturated carbocycles. The minimum atomic E-state index is -0.626. The van der Waals surface area contributed by atoms with Gasteiger partial charge in [0.15, 0.2) is 0 Å². The molecule has 1 rings (SSSR count). The largest absolute Gasteiger partial charge is 0.444 e. The van der Waals surface area contributed by atoms with Gasteiger partial charge in [0.05, 0.1) is 0 Å². The van der Waals surface area contributed by atoms with E-state index in [1.54, 1.807) is 39.2 Å². The SMILES string of the molecule is CNC(=O)[C@H](Cc1cccs1)NC(=O)OC(C)(C)C. The summed E-state index contributed by atoms with van der Waals surface area (Å²) in [4.78, 5) is 24.5. The Morgan fingerprint density at radius 3 is 2.58 bits per heavy atom. The Hall–Kier alpha value is -1.56. The van der Waals surface area contributed by atoms with Crippen LogP contribution >= 0.6 is 11.3 Å². The van der Waals surface area contributed by atoms with Crippen LogP contribution in [0.2, 0.25) is 0 Å². The standard InChI is InChI=1S/C13H20N2O3S/c1-13(2,3)18-12(17)15-10(11(16)14-4)8-9-6-5-7-19-9/h5-7,10H,8H2,1-4H3,(H,14,16)(H,15,17)/t10-/m0/s1. The molecule has 0 fully saturated rings. The number of amides is 2. The van der Waals surface area contributed by atoms with E-state index in [1.165, 1.54) is 0 Å². The number of hydrogen-bond acceptors (Lipinski definition) is 4. The monoisotopic (exact) mass is 284 g/mol. The highest BCUT2D eigenvalue weighted by atomic mass is 32.1. The van der Waals surface area contributed by atoms with E-state index in [1.807, 2.05) is 17.5 Å². The molecule has 6 heteroatoms.